The van der Waals surface area contributed by atoms with E-state index in [1.54, 1.807) is 55.6 Å². The van der Waals surface area contributed by atoms with Crippen molar-refractivity contribution in [2.45, 2.75) is 47.9 Å². The minimum atomic E-state index is -3.38. The van der Waals surface area contributed by atoms with E-state index in [0.717, 1.165) is 12.8 Å². The predicted octanol–water partition coefficient (Wildman–Crippen LogP) is 3.32. The number of hydrogen-bond acceptors (Lipinski definition) is 5. The van der Waals surface area contributed by atoms with Gasteiger partial charge in [0.25, 0.3) is 5.91 Å². The number of benzene rings is 2. The summed E-state index contributed by atoms with van der Waals surface area (Å²) >= 11 is 0. The van der Waals surface area contributed by atoms with Crippen LogP contribution in [0.5, 0.6) is 5.75 Å². The van der Waals surface area contributed by atoms with E-state index in [4.69, 9.17) is 9.47 Å². The lowest BCUT2D eigenvalue weighted by molar-refractivity contribution is 0.0598. The molecule has 2 aliphatic heterocycles. The maximum absolute atomic E-state index is 13.2. The second kappa shape index (κ2) is 8.78. The second-order valence-electron chi connectivity index (χ2n) is 7.91. The fourth-order valence-corrected chi connectivity index (χ4v) is 6.47. The normalized spacial score (nSPS) is 23.4. The Labute approximate surface area is 177 Å². The van der Waals surface area contributed by atoms with E-state index in [9.17, 15) is 13.2 Å². The highest BCUT2D eigenvalue weighted by molar-refractivity contribution is 7.92. The van der Waals surface area contributed by atoms with E-state index < -0.39 is 15.1 Å². The van der Waals surface area contributed by atoms with E-state index in [-0.39, 0.29) is 18.0 Å². The van der Waals surface area contributed by atoms with Crippen LogP contribution in [0.4, 0.5) is 0 Å². The van der Waals surface area contributed by atoms with Gasteiger partial charge < -0.3 is 14.4 Å². The molecule has 0 saturated carbocycles. The summed E-state index contributed by atoms with van der Waals surface area (Å²) < 4.78 is 36.7. The van der Waals surface area contributed by atoms with Gasteiger partial charge in [-0.3, -0.25) is 4.79 Å². The number of methoxy groups -OCH3 is 1. The van der Waals surface area contributed by atoms with Crippen molar-refractivity contribution in [3.8, 4) is 5.75 Å². The molecule has 1 amide bonds. The van der Waals surface area contributed by atoms with Gasteiger partial charge in [-0.15, -0.1) is 0 Å². The molecule has 2 unspecified atom stereocenters. The Balaban J connectivity index is 1.45. The molecule has 2 aliphatic rings. The fourth-order valence-electron chi connectivity index (χ4n) is 4.60. The first-order valence-electron chi connectivity index (χ1n) is 10.3. The molecule has 2 fully saturated rings. The molecule has 0 aliphatic carbocycles. The van der Waals surface area contributed by atoms with Gasteiger partial charge >= 0.3 is 0 Å². The molecule has 0 radical (unpaired) electrons. The fraction of sp³-hybridized carbons (Fsp3) is 0.435. The van der Waals surface area contributed by atoms with Crippen LogP contribution in [-0.4, -0.2) is 56.9 Å². The van der Waals surface area contributed by atoms with Gasteiger partial charge in [0, 0.05) is 24.8 Å². The van der Waals surface area contributed by atoms with Gasteiger partial charge in [-0.1, -0.05) is 18.2 Å². The molecule has 2 aromatic rings. The zero-order chi connectivity index (χ0) is 21.1. The molecule has 7 heteroatoms. The topological polar surface area (TPSA) is 72.9 Å². The highest BCUT2D eigenvalue weighted by Gasteiger charge is 2.47. The first kappa shape index (κ1) is 20.9. The van der Waals surface area contributed by atoms with E-state index in [1.165, 1.54) is 0 Å². The Morgan fingerprint density at radius 3 is 2.20 bits per heavy atom. The average Bonchev–Trinajstić information content (AvgIpc) is 3.03. The maximum Gasteiger partial charge on any atom is 0.254 e. The quantitative estimate of drug-likeness (QED) is 0.632. The third kappa shape index (κ3) is 4.09. The number of hydrogen-bond donors (Lipinski definition) is 0. The van der Waals surface area contributed by atoms with Crippen LogP contribution in [0.3, 0.4) is 0 Å². The van der Waals surface area contributed by atoms with Crippen molar-refractivity contribution in [3.63, 3.8) is 0 Å². The van der Waals surface area contributed by atoms with Crippen LogP contribution in [0.25, 0.3) is 0 Å². The van der Waals surface area contributed by atoms with E-state index >= 15 is 0 Å². The van der Waals surface area contributed by atoms with Crippen molar-refractivity contribution in [2.24, 2.45) is 0 Å². The maximum atomic E-state index is 13.2. The van der Waals surface area contributed by atoms with Crippen molar-refractivity contribution < 1.29 is 22.7 Å². The molecule has 4 rings (SSSR count). The number of rotatable bonds is 7. The van der Waals surface area contributed by atoms with Crippen molar-refractivity contribution in [1.29, 1.82) is 0 Å². The van der Waals surface area contributed by atoms with Crippen LogP contribution >= 0.6 is 0 Å². The molecule has 0 aromatic heterocycles. The standard InChI is InChI=1S/C23H27NO5S/c1-28-13-14-29-20-11-7-17(8-12-20)23(25)24-18-9-10-19(24)16-22(15-18)30(26,27)21-5-3-2-4-6-21/h2-8,11-12,18-19,22H,9-10,13-16H2,1H3. The van der Waals surface area contributed by atoms with Crippen LogP contribution in [0, 0.1) is 0 Å². The molecule has 2 bridgehead atoms. The third-order valence-electron chi connectivity index (χ3n) is 6.09. The van der Waals surface area contributed by atoms with Crippen LogP contribution in [0.2, 0.25) is 0 Å². The lowest BCUT2D eigenvalue weighted by Gasteiger charge is -2.38. The number of fused-ring (bicyclic) bond motifs is 2. The zero-order valence-electron chi connectivity index (χ0n) is 17.1. The lowest BCUT2D eigenvalue weighted by atomic mass is 10.0. The molecule has 0 spiro atoms. The smallest absolute Gasteiger partial charge is 0.254 e. The van der Waals surface area contributed by atoms with Crippen molar-refractivity contribution >= 4 is 15.7 Å². The first-order valence-corrected chi connectivity index (χ1v) is 11.9. The number of piperidine rings is 1. The summed E-state index contributed by atoms with van der Waals surface area (Å²) in [6, 6.07) is 15.7. The van der Waals surface area contributed by atoms with E-state index in [0.29, 0.717) is 42.3 Å². The van der Waals surface area contributed by atoms with Gasteiger partial charge in [0.2, 0.25) is 0 Å². The average molecular weight is 430 g/mol. The minimum Gasteiger partial charge on any atom is -0.491 e. The number of nitrogens with zero attached hydrogens (tertiary/aromatic N) is 1. The number of amides is 1. The molecular weight excluding hydrogens is 402 g/mol. The van der Waals surface area contributed by atoms with Gasteiger partial charge in [-0.25, -0.2) is 8.42 Å². The van der Waals surface area contributed by atoms with Gasteiger partial charge in [0.15, 0.2) is 9.84 Å². The Morgan fingerprint density at radius 2 is 1.60 bits per heavy atom. The monoisotopic (exact) mass is 429 g/mol. The summed E-state index contributed by atoms with van der Waals surface area (Å²) in [4.78, 5) is 15.5. The number of carbonyl (C=O) groups is 1. The molecule has 2 heterocycles. The Morgan fingerprint density at radius 1 is 0.967 bits per heavy atom. The summed E-state index contributed by atoms with van der Waals surface area (Å²) in [5.74, 6) is 0.667. The molecule has 2 aromatic carbocycles. The Bertz CT molecular complexity index is 960. The summed E-state index contributed by atoms with van der Waals surface area (Å²) in [6.45, 7) is 0.961. The van der Waals surface area contributed by atoms with E-state index in [2.05, 4.69) is 0 Å². The zero-order valence-corrected chi connectivity index (χ0v) is 17.9. The van der Waals surface area contributed by atoms with Gasteiger partial charge in [0.1, 0.15) is 12.4 Å². The Hall–Kier alpha value is -2.38. The van der Waals surface area contributed by atoms with Crippen molar-refractivity contribution in [1.82, 2.24) is 4.90 Å². The number of sulfone groups is 1. The second-order valence-corrected chi connectivity index (χ2v) is 10.1. The minimum absolute atomic E-state index is 0.0264. The predicted molar refractivity (Wildman–Crippen MR) is 113 cm³/mol. The summed E-state index contributed by atoms with van der Waals surface area (Å²) in [7, 11) is -1.76. The Kier molecular flexibility index (Phi) is 6.11. The van der Waals surface area contributed by atoms with Crippen LogP contribution in [0.1, 0.15) is 36.0 Å². The summed E-state index contributed by atoms with van der Waals surface area (Å²) in [6.07, 6.45) is 2.71. The molecule has 30 heavy (non-hydrogen) atoms. The number of carbonyl (C=O) groups excluding carboxylic acids is 1. The first-order chi connectivity index (χ1) is 14.5. The summed E-state index contributed by atoms with van der Waals surface area (Å²) in [5.41, 5.74) is 0.607. The molecule has 0 N–H and O–H groups in total. The van der Waals surface area contributed by atoms with Crippen LogP contribution in [-0.2, 0) is 14.6 Å². The van der Waals surface area contributed by atoms with Crippen LogP contribution < -0.4 is 4.74 Å². The molecule has 6 nitrogen and oxygen atoms in total. The van der Waals surface area contributed by atoms with Gasteiger partial charge in [-0.2, -0.15) is 0 Å². The van der Waals surface area contributed by atoms with E-state index in [1.807, 2.05) is 11.0 Å². The molecular formula is C23H27NO5S. The largest absolute Gasteiger partial charge is 0.491 e. The van der Waals surface area contributed by atoms with Crippen LogP contribution in [0.15, 0.2) is 59.5 Å². The van der Waals surface area contributed by atoms with Crippen molar-refractivity contribution in [3.05, 3.63) is 60.2 Å². The molecule has 160 valence electrons. The highest BCUT2D eigenvalue weighted by Crippen LogP contribution is 2.40. The highest BCUT2D eigenvalue weighted by atomic mass is 32.2. The molecule has 2 saturated heterocycles. The van der Waals surface area contributed by atoms with Gasteiger partial charge in [0.05, 0.1) is 16.8 Å². The lowest BCUT2D eigenvalue weighted by Crippen LogP contribution is -2.49. The molecule has 2 atom stereocenters. The third-order valence-corrected chi connectivity index (χ3v) is 8.28. The number of ether oxygens (including phenoxy) is 2. The summed E-state index contributed by atoms with van der Waals surface area (Å²) in [5, 5.41) is -0.432. The van der Waals surface area contributed by atoms with Gasteiger partial charge in [-0.05, 0) is 62.1 Å². The SMILES string of the molecule is COCCOc1ccc(C(=O)N2C3CCC2CC(S(=O)(=O)c2ccccc2)C3)cc1. The van der Waals surface area contributed by atoms with Crippen molar-refractivity contribution in [2.75, 3.05) is 20.3 Å².